The molecule has 0 spiro atoms. The fourth-order valence-electron chi connectivity index (χ4n) is 2.95. The van der Waals surface area contributed by atoms with Gasteiger partial charge in [0.05, 0.1) is 0 Å². The predicted octanol–water partition coefficient (Wildman–Crippen LogP) is 2.68. The SMILES string of the molecule is CCC(Cc1ccccc1)N1CCC(N)C(C)C1. The van der Waals surface area contributed by atoms with Gasteiger partial charge in [0.15, 0.2) is 0 Å². The van der Waals surface area contributed by atoms with E-state index in [1.807, 2.05) is 0 Å². The van der Waals surface area contributed by atoms with Gasteiger partial charge in [-0.2, -0.15) is 0 Å². The Bertz CT molecular complexity index is 349. The molecule has 1 aromatic carbocycles. The topological polar surface area (TPSA) is 29.3 Å². The molecule has 1 fully saturated rings. The van der Waals surface area contributed by atoms with Crippen molar-refractivity contribution in [2.75, 3.05) is 13.1 Å². The molecule has 1 aromatic rings. The van der Waals surface area contributed by atoms with Gasteiger partial charge in [0.1, 0.15) is 0 Å². The molecule has 0 aromatic heterocycles. The highest BCUT2D eigenvalue weighted by Gasteiger charge is 2.27. The Hall–Kier alpha value is -0.860. The zero-order chi connectivity index (χ0) is 13.0. The third kappa shape index (κ3) is 3.33. The summed E-state index contributed by atoms with van der Waals surface area (Å²) in [4.78, 5) is 2.64. The van der Waals surface area contributed by atoms with Crippen molar-refractivity contribution in [1.29, 1.82) is 0 Å². The third-order valence-electron chi connectivity index (χ3n) is 4.30. The second-order valence-electron chi connectivity index (χ2n) is 5.68. The highest BCUT2D eigenvalue weighted by Crippen LogP contribution is 2.20. The lowest BCUT2D eigenvalue weighted by Gasteiger charge is -2.40. The Morgan fingerprint density at radius 1 is 1.33 bits per heavy atom. The lowest BCUT2D eigenvalue weighted by atomic mass is 9.92. The molecule has 2 N–H and O–H groups in total. The highest BCUT2D eigenvalue weighted by molar-refractivity contribution is 5.16. The van der Waals surface area contributed by atoms with Crippen molar-refractivity contribution in [3.8, 4) is 0 Å². The summed E-state index contributed by atoms with van der Waals surface area (Å²) in [6, 6.07) is 11.9. The molecule has 1 saturated heterocycles. The van der Waals surface area contributed by atoms with E-state index in [4.69, 9.17) is 5.73 Å². The van der Waals surface area contributed by atoms with Crippen LogP contribution in [0, 0.1) is 5.92 Å². The largest absolute Gasteiger partial charge is 0.327 e. The molecule has 0 bridgehead atoms. The molecule has 0 amide bonds. The van der Waals surface area contributed by atoms with Gasteiger partial charge in [0, 0.05) is 18.6 Å². The van der Waals surface area contributed by atoms with Crippen LogP contribution in [0.15, 0.2) is 30.3 Å². The zero-order valence-corrected chi connectivity index (χ0v) is 11.7. The quantitative estimate of drug-likeness (QED) is 0.885. The normalized spacial score (nSPS) is 27.1. The van der Waals surface area contributed by atoms with Crippen LogP contribution in [0.3, 0.4) is 0 Å². The fourth-order valence-corrected chi connectivity index (χ4v) is 2.95. The van der Waals surface area contributed by atoms with Gasteiger partial charge in [-0.15, -0.1) is 0 Å². The summed E-state index contributed by atoms with van der Waals surface area (Å²) in [5, 5.41) is 0. The summed E-state index contributed by atoms with van der Waals surface area (Å²) in [5.74, 6) is 0.628. The smallest absolute Gasteiger partial charge is 0.0133 e. The Kier molecular flexibility index (Phi) is 4.79. The van der Waals surface area contributed by atoms with Gasteiger partial charge < -0.3 is 5.73 Å². The van der Waals surface area contributed by atoms with Gasteiger partial charge in [-0.1, -0.05) is 44.2 Å². The Labute approximate surface area is 111 Å². The van der Waals surface area contributed by atoms with Crippen molar-refractivity contribution in [3.05, 3.63) is 35.9 Å². The molecule has 2 nitrogen and oxygen atoms in total. The van der Waals surface area contributed by atoms with Crippen LogP contribution in [0.5, 0.6) is 0 Å². The van der Waals surface area contributed by atoms with Gasteiger partial charge >= 0.3 is 0 Å². The Balaban J connectivity index is 1.97. The molecule has 2 heteroatoms. The minimum absolute atomic E-state index is 0.399. The number of nitrogens with two attached hydrogens (primary N) is 1. The maximum atomic E-state index is 6.11. The average Bonchev–Trinajstić information content (AvgIpc) is 2.40. The van der Waals surface area contributed by atoms with Gasteiger partial charge in [-0.25, -0.2) is 0 Å². The maximum Gasteiger partial charge on any atom is 0.0133 e. The van der Waals surface area contributed by atoms with Crippen LogP contribution in [0.1, 0.15) is 32.3 Å². The van der Waals surface area contributed by atoms with E-state index in [0.717, 1.165) is 19.5 Å². The van der Waals surface area contributed by atoms with E-state index in [0.29, 0.717) is 18.0 Å². The standard InChI is InChI=1S/C16H26N2/c1-3-15(11-14-7-5-4-6-8-14)18-10-9-16(17)13(2)12-18/h4-8,13,15-16H,3,9-12,17H2,1-2H3. The van der Waals surface area contributed by atoms with E-state index in [-0.39, 0.29) is 0 Å². The summed E-state index contributed by atoms with van der Waals surface area (Å²) >= 11 is 0. The first-order chi connectivity index (χ1) is 8.70. The molecule has 100 valence electrons. The fraction of sp³-hybridized carbons (Fsp3) is 0.625. The van der Waals surface area contributed by atoms with Gasteiger partial charge in [-0.05, 0) is 37.3 Å². The summed E-state index contributed by atoms with van der Waals surface area (Å²) in [7, 11) is 0. The highest BCUT2D eigenvalue weighted by atomic mass is 15.2. The van der Waals surface area contributed by atoms with Crippen LogP contribution < -0.4 is 5.73 Å². The lowest BCUT2D eigenvalue weighted by Crippen LogP contribution is -2.50. The lowest BCUT2D eigenvalue weighted by molar-refractivity contribution is 0.112. The molecule has 1 heterocycles. The van der Waals surface area contributed by atoms with E-state index in [1.54, 1.807) is 0 Å². The molecular formula is C16H26N2. The third-order valence-corrected chi connectivity index (χ3v) is 4.30. The molecule has 3 unspecified atom stereocenters. The second-order valence-corrected chi connectivity index (χ2v) is 5.68. The average molecular weight is 246 g/mol. The number of likely N-dealkylation sites (tertiary alicyclic amines) is 1. The molecule has 3 atom stereocenters. The summed E-state index contributed by atoms with van der Waals surface area (Å²) in [6.07, 6.45) is 3.53. The van der Waals surface area contributed by atoms with Gasteiger partial charge in [-0.3, -0.25) is 4.90 Å². The van der Waals surface area contributed by atoms with Crippen molar-refractivity contribution in [2.45, 2.75) is 45.2 Å². The number of benzene rings is 1. The summed E-state index contributed by atoms with van der Waals surface area (Å²) in [5.41, 5.74) is 7.56. The molecule has 1 aliphatic rings. The second kappa shape index (κ2) is 6.35. The molecule has 18 heavy (non-hydrogen) atoms. The van der Waals surface area contributed by atoms with Crippen molar-refractivity contribution in [3.63, 3.8) is 0 Å². The van der Waals surface area contributed by atoms with Crippen molar-refractivity contribution < 1.29 is 0 Å². The van der Waals surface area contributed by atoms with Crippen LogP contribution in [-0.4, -0.2) is 30.1 Å². The van der Waals surface area contributed by atoms with E-state index >= 15 is 0 Å². The van der Waals surface area contributed by atoms with Gasteiger partial charge in [0.2, 0.25) is 0 Å². The number of hydrogen-bond acceptors (Lipinski definition) is 2. The number of piperidine rings is 1. The van der Waals surface area contributed by atoms with E-state index in [1.165, 1.54) is 18.4 Å². The minimum atomic E-state index is 0.399. The number of nitrogens with zero attached hydrogens (tertiary/aromatic N) is 1. The van der Waals surface area contributed by atoms with Gasteiger partial charge in [0.25, 0.3) is 0 Å². The van der Waals surface area contributed by atoms with E-state index in [2.05, 4.69) is 49.1 Å². The zero-order valence-electron chi connectivity index (χ0n) is 11.7. The number of hydrogen-bond donors (Lipinski definition) is 1. The summed E-state index contributed by atoms with van der Waals surface area (Å²) in [6.45, 7) is 6.90. The van der Waals surface area contributed by atoms with Crippen LogP contribution in [0.25, 0.3) is 0 Å². The van der Waals surface area contributed by atoms with Crippen molar-refractivity contribution in [2.24, 2.45) is 11.7 Å². The monoisotopic (exact) mass is 246 g/mol. The minimum Gasteiger partial charge on any atom is -0.327 e. The first kappa shape index (κ1) is 13.6. The van der Waals surface area contributed by atoms with Crippen molar-refractivity contribution >= 4 is 0 Å². The van der Waals surface area contributed by atoms with E-state index < -0.39 is 0 Å². The van der Waals surface area contributed by atoms with Crippen LogP contribution in [-0.2, 0) is 6.42 Å². The maximum absolute atomic E-state index is 6.11. The predicted molar refractivity (Wildman–Crippen MR) is 77.6 cm³/mol. The molecule has 1 aliphatic heterocycles. The van der Waals surface area contributed by atoms with Crippen LogP contribution in [0.4, 0.5) is 0 Å². The van der Waals surface area contributed by atoms with Crippen LogP contribution in [0.2, 0.25) is 0 Å². The first-order valence-electron chi connectivity index (χ1n) is 7.24. The first-order valence-corrected chi connectivity index (χ1v) is 7.24. The molecular weight excluding hydrogens is 220 g/mol. The molecule has 0 radical (unpaired) electrons. The van der Waals surface area contributed by atoms with Crippen LogP contribution >= 0.6 is 0 Å². The number of rotatable bonds is 4. The molecule has 0 saturated carbocycles. The summed E-state index contributed by atoms with van der Waals surface area (Å²) < 4.78 is 0. The molecule has 0 aliphatic carbocycles. The Morgan fingerprint density at radius 3 is 2.67 bits per heavy atom. The van der Waals surface area contributed by atoms with E-state index in [9.17, 15) is 0 Å². The Morgan fingerprint density at radius 2 is 2.06 bits per heavy atom. The van der Waals surface area contributed by atoms with Crippen molar-refractivity contribution in [1.82, 2.24) is 4.90 Å². The molecule has 2 rings (SSSR count).